The maximum absolute atomic E-state index is 12.8. The van der Waals surface area contributed by atoms with Crippen molar-refractivity contribution in [2.24, 2.45) is 0 Å². The Labute approximate surface area is 178 Å². The molecule has 2 saturated heterocycles. The molecule has 2 aromatic rings. The molecule has 166 valence electrons. The van der Waals surface area contributed by atoms with Crippen LogP contribution in [0.1, 0.15) is 40.7 Å². The number of amides is 1. The summed E-state index contributed by atoms with van der Waals surface area (Å²) >= 11 is 0. The number of carbonyl (C=O) groups is 1. The Hall–Kier alpha value is -2.58. The van der Waals surface area contributed by atoms with Crippen LogP contribution in [-0.2, 0) is 16.5 Å². The molecule has 0 aliphatic carbocycles. The molecule has 0 bridgehead atoms. The van der Waals surface area contributed by atoms with Gasteiger partial charge in [-0.05, 0) is 42.0 Å². The van der Waals surface area contributed by atoms with Gasteiger partial charge in [0, 0.05) is 44.5 Å². The summed E-state index contributed by atoms with van der Waals surface area (Å²) in [5, 5.41) is 10.6. The van der Waals surface area contributed by atoms with Gasteiger partial charge in [0.25, 0.3) is 5.91 Å². The Bertz CT molecular complexity index is 898. The van der Waals surface area contributed by atoms with E-state index in [1.54, 1.807) is 29.2 Å². The van der Waals surface area contributed by atoms with E-state index in [2.05, 4.69) is 0 Å². The van der Waals surface area contributed by atoms with Gasteiger partial charge < -0.3 is 19.5 Å². The van der Waals surface area contributed by atoms with E-state index < -0.39 is 17.3 Å². The van der Waals surface area contributed by atoms with Crippen LogP contribution >= 0.6 is 0 Å². The molecule has 2 aliphatic rings. The number of halogens is 3. The van der Waals surface area contributed by atoms with Gasteiger partial charge in [-0.15, -0.1) is 0 Å². The van der Waals surface area contributed by atoms with E-state index in [0.717, 1.165) is 17.7 Å². The summed E-state index contributed by atoms with van der Waals surface area (Å²) in [4.78, 5) is 14.5. The minimum Gasteiger partial charge on any atom is -0.490 e. The smallest absolute Gasteiger partial charge is 0.416 e. The van der Waals surface area contributed by atoms with Crippen LogP contribution in [0.4, 0.5) is 13.2 Å². The third-order valence-corrected chi connectivity index (χ3v) is 5.88. The molecular weight excluding hydrogens is 411 g/mol. The van der Waals surface area contributed by atoms with E-state index in [4.69, 9.17) is 9.47 Å². The number of ether oxygens (including phenoxy) is 2. The Balaban J connectivity index is 1.30. The van der Waals surface area contributed by atoms with E-state index >= 15 is 0 Å². The van der Waals surface area contributed by atoms with E-state index in [9.17, 15) is 23.1 Å². The van der Waals surface area contributed by atoms with Gasteiger partial charge in [-0.2, -0.15) is 13.2 Å². The van der Waals surface area contributed by atoms with Crippen molar-refractivity contribution in [2.75, 3.05) is 26.3 Å². The maximum atomic E-state index is 12.8. The molecule has 2 aromatic carbocycles. The van der Waals surface area contributed by atoms with E-state index in [-0.39, 0.29) is 18.6 Å². The van der Waals surface area contributed by atoms with Gasteiger partial charge in [0.15, 0.2) is 0 Å². The van der Waals surface area contributed by atoms with Crippen molar-refractivity contribution >= 4 is 5.91 Å². The molecule has 5 nitrogen and oxygen atoms in total. The Morgan fingerprint density at radius 1 is 1.06 bits per heavy atom. The second kappa shape index (κ2) is 8.51. The highest BCUT2D eigenvalue weighted by Gasteiger charge is 2.34. The number of alkyl halides is 3. The van der Waals surface area contributed by atoms with Crippen molar-refractivity contribution in [1.82, 2.24) is 4.90 Å². The monoisotopic (exact) mass is 435 g/mol. The minimum atomic E-state index is -4.37. The number of hydrogen-bond donors (Lipinski definition) is 1. The Morgan fingerprint density at radius 3 is 2.26 bits per heavy atom. The highest BCUT2D eigenvalue weighted by Crippen LogP contribution is 2.32. The van der Waals surface area contributed by atoms with Crippen molar-refractivity contribution in [3.8, 4) is 5.75 Å². The molecule has 0 spiro atoms. The molecular formula is C23H24F3NO4. The van der Waals surface area contributed by atoms with Crippen LogP contribution in [-0.4, -0.2) is 48.3 Å². The standard InChI is InChI=1S/C23H24F3NO4/c24-23(25,26)18-5-7-19(8-6-18)31-20-9-12-27(13-10-20)21(28)16-1-3-17(4-2-16)22(29)11-14-30-15-22/h1-8,20,29H,9-15H2. The van der Waals surface area contributed by atoms with Gasteiger partial charge in [0.05, 0.1) is 12.2 Å². The number of hydrogen-bond acceptors (Lipinski definition) is 4. The van der Waals surface area contributed by atoms with Gasteiger partial charge in [0.2, 0.25) is 0 Å². The first kappa shape index (κ1) is 21.6. The molecule has 1 amide bonds. The van der Waals surface area contributed by atoms with E-state index in [0.29, 0.717) is 50.3 Å². The molecule has 2 aliphatic heterocycles. The second-order valence-electron chi connectivity index (χ2n) is 8.04. The van der Waals surface area contributed by atoms with Crippen LogP contribution in [0, 0.1) is 0 Å². The number of nitrogens with zero attached hydrogens (tertiary/aromatic N) is 1. The highest BCUT2D eigenvalue weighted by molar-refractivity contribution is 5.94. The fourth-order valence-electron chi connectivity index (χ4n) is 3.98. The first-order valence-corrected chi connectivity index (χ1v) is 10.3. The summed E-state index contributed by atoms with van der Waals surface area (Å²) in [6, 6.07) is 11.6. The number of aliphatic hydroxyl groups is 1. The van der Waals surface area contributed by atoms with Crippen LogP contribution in [0.3, 0.4) is 0 Å². The van der Waals surface area contributed by atoms with Gasteiger partial charge in [-0.3, -0.25) is 4.79 Å². The van der Waals surface area contributed by atoms with E-state index in [1.807, 2.05) is 0 Å². The van der Waals surface area contributed by atoms with Crippen LogP contribution in [0.2, 0.25) is 0 Å². The molecule has 8 heteroatoms. The fraction of sp³-hybridized carbons (Fsp3) is 0.435. The first-order valence-electron chi connectivity index (χ1n) is 10.3. The lowest BCUT2D eigenvalue weighted by atomic mass is 9.92. The summed E-state index contributed by atoms with van der Waals surface area (Å²) < 4.78 is 49.0. The third kappa shape index (κ3) is 4.85. The molecule has 31 heavy (non-hydrogen) atoms. The summed E-state index contributed by atoms with van der Waals surface area (Å²) in [6.07, 6.45) is -2.79. The minimum absolute atomic E-state index is 0.0887. The Kier molecular flexibility index (Phi) is 5.94. The van der Waals surface area contributed by atoms with Crippen molar-refractivity contribution in [3.63, 3.8) is 0 Å². The molecule has 2 fully saturated rings. The molecule has 1 unspecified atom stereocenters. The predicted octanol–water partition coefficient (Wildman–Crippen LogP) is 4.00. The summed E-state index contributed by atoms with van der Waals surface area (Å²) in [6.45, 7) is 1.78. The van der Waals surface area contributed by atoms with Crippen molar-refractivity contribution < 1.29 is 32.5 Å². The quantitative estimate of drug-likeness (QED) is 0.789. The lowest BCUT2D eigenvalue weighted by molar-refractivity contribution is -0.137. The summed E-state index contributed by atoms with van der Waals surface area (Å²) in [5.74, 6) is 0.302. The average molecular weight is 435 g/mol. The maximum Gasteiger partial charge on any atom is 0.416 e. The SMILES string of the molecule is O=C(c1ccc(C2(O)CCOC2)cc1)N1CCC(Oc2ccc(C(F)(F)F)cc2)CC1. The van der Waals surface area contributed by atoms with Crippen LogP contribution in [0.5, 0.6) is 5.75 Å². The zero-order valence-electron chi connectivity index (χ0n) is 16.9. The largest absolute Gasteiger partial charge is 0.490 e. The molecule has 0 aromatic heterocycles. The second-order valence-corrected chi connectivity index (χ2v) is 8.04. The zero-order chi connectivity index (χ0) is 22.1. The van der Waals surface area contributed by atoms with Gasteiger partial charge in [-0.1, -0.05) is 12.1 Å². The van der Waals surface area contributed by atoms with Crippen molar-refractivity contribution in [1.29, 1.82) is 0 Å². The van der Waals surface area contributed by atoms with Gasteiger partial charge >= 0.3 is 6.18 Å². The predicted molar refractivity (Wildman–Crippen MR) is 107 cm³/mol. The highest BCUT2D eigenvalue weighted by atomic mass is 19.4. The number of likely N-dealkylation sites (tertiary alicyclic amines) is 1. The average Bonchev–Trinajstić information content (AvgIpc) is 3.21. The van der Waals surface area contributed by atoms with Crippen LogP contribution < -0.4 is 4.74 Å². The van der Waals surface area contributed by atoms with Gasteiger partial charge in [-0.25, -0.2) is 0 Å². The number of rotatable bonds is 4. The molecule has 1 N–H and O–H groups in total. The number of carbonyl (C=O) groups excluding carboxylic acids is 1. The molecule has 0 radical (unpaired) electrons. The van der Waals surface area contributed by atoms with Crippen molar-refractivity contribution in [2.45, 2.75) is 37.1 Å². The molecule has 4 rings (SSSR count). The Morgan fingerprint density at radius 2 is 1.71 bits per heavy atom. The first-order chi connectivity index (χ1) is 14.7. The number of piperidine rings is 1. The molecule has 0 saturated carbocycles. The van der Waals surface area contributed by atoms with E-state index in [1.165, 1.54) is 12.1 Å². The van der Waals surface area contributed by atoms with Crippen molar-refractivity contribution in [3.05, 3.63) is 65.2 Å². The van der Waals surface area contributed by atoms with Crippen LogP contribution in [0.25, 0.3) is 0 Å². The zero-order valence-corrected chi connectivity index (χ0v) is 16.9. The molecule has 2 heterocycles. The topological polar surface area (TPSA) is 59.0 Å². The fourth-order valence-corrected chi connectivity index (χ4v) is 3.98. The third-order valence-electron chi connectivity index (χ3n) is 5.88. The van der Waals surface area contributed by atoms with Crippen LogP contribution in [0.15, 0.2) is 48.5 Å². The normalized spacial score (nSPS) is 22.5. The summed E-state index contributed by atoms with van der Waals surface area (Å²) in [7, 11) is 0. The summed E-state index contributed by atoms with van der Waals surface area (Å²) in [5.41, 5.74) is -0.410. The lowest BCUT2D eigenvalue weighted by Gasteiger charge is -2.32. The lowest BCUT2D eigenvalue weighted by Crippen LogP contribution is -2.41. The number of benzene rings is 2. The van der Waals surface area contributed by atoms with Gasteiger partial charge in [0.1, 0.15) is 17.5 Å². The molecule has 1 atom stereocenters.